The molecule has 2 rings (SSSR count). The molecular formula is C7H3FIN3S. The van der Waals surface area contributed by atoms with Crippen molar-refractivity contribution in [1.29, 1.82) is 0 Å². The van der Waals surface area contributed by atoms with Crippen LogP contribution in [0.1, 0.15) is 0 Å². The summed E-state index contributed by atoms with van der Waals surface area (Å²) in [4.78, 5) is 3.53. The molecule has 0 aliphatic heterocycles. The summed E-state index contributed by atoms with van der Waals surface area (Å²) in [6.45, 7) is 0. The van der Waals surface area contributed by atoms with Crippen molar-refractivity contribution in [2.45, 2.75) is 0 Å². The van der Waals surface area contributed by atoms with E-state index in [4.69, 9.17) is 0 Å². The van der Waals surface area contributed by atoms with Crippen LogP contribution in [0.5, 0.6) is 0 Å². The van der Waals surface area contributed by atoms with Gasteiger partial charge in [-0.1, -0.05) is 11.3 Å². The average molecular weight is 307 g/mol. The highest BCUT2D eigenvalue weighted by Crippen LogP contribution is 2.23. The average Bonchev–Trinajstić information content (AvgIpc) is 2.53. The quantitative estimate of drug-likeness (QED) is 0.599. The minimum absolute atomic E-state index is 0.483. The van der Waals surface area contributed by atoms with Gasteiger partial charge in [0.2, 0.25) is 5.95 Å². The Morgan fingerprint density at radius 3 is 2.69 bits per heavy atom. The maximum absolute atomic E-state index is 12.5. The van der Waals surface area contributed by atoms with Gasteiger partial charge in [0, 0.05) is 11.8 Å². The predicted octanol–water partition coefficient (Wildman–Crippen LogP) is 2.34. The Hall–Kier alpha value is -0.630. The molecule has 0 saturated carbocycles. The van der Waals surface area contributed by atoms with Gasteiger partial charge in [0.15, 0.2) is 3.01 Å². The highest BCUT2D eigenvalue weighted by atomic mass is 127. The SMILES string of the molecule is Fc1ccc(-c2nnc(I)s2)cn1. The maximum Gasteiger partial charge on any atom is 0.212 e. The first-order chi connectivity index (χ1) is 6.25. The second-order valence-corrected chi connectivity index (χ2v) is 4.96. The molecule has 2 aromatic rings. The Bertz CT molecular complexity index is 414. The molecule has 0 aliphatic carbocycles. The highest BCUT2D eigenvalue weighted by Gasteiger charge is 2.04. The van der Waals surface area contributed by atoms with Crippen LogP contribution < -0.4 is 0 Å². The normalized spacial score (nSPS) is 10.3. The molecule has 0 N–H and O–H groups in total. The Labute approximate surface area is 91.2 Å². The summed E-state index contributed by atoms with van der Waals surface area (Å²) in [7, 11) is 0. The fourth-order valence-corrected chi connectivity index (χ4v) is 2.12. The molecule has 66 valence electrons. The highest BCUT2D eigenvalue weighted by molar-refractivity contribution is 14.1. The lowest BCUT2D eigenvalue weighted by atomic mass is 10.3. The van der Waals surface area contributed by atoms with Crippen LogP contribution in [0.2, 0.25) is 0 Å². The van der Waals surface area contributed by atoms with Gasteiger partial charge in [-0.25, -0.2) is 4.98 Å². The number of nitrogens with zero attached hydrogens (tertiary/aromatic N) is 3. The minimum Gasteiger partial charge on any atom is -0.228 e. The lowest BCUT2D eigenvalue weighted by Crippen LogP contribution is -1.82. The Morgan fingerprint density at radius 1 is 1.31 bits per heavy atom. The molecule has 2 heterocycles. The van der Waals surface area contributed by atoms with Gasteiger partial charge in [0.05, 0.1) is 0 Å². The first-order valence-electron chi connectivity index (χ1n) is 3.36. The van der Waals surface area contributed by atoms with E-state index in [0.29, 0.717) is 0 Å². The van der Waals surface area contributed by atoms with Crippen LogP contribution >= 0.6 is 33.9 Å². The van der Waals surface area contributed by atoms with Gasteiger partial charge in [0.1, 0.15) is 5.01 Å². The van der Waals surface area contributed by atoms with Crippen molar-refractivity contribution < 1.29 is 4.39 Å². The van der Waals surface area contributed by atoms with Gasteiger partial charge in [-0.05, 0) is 34.7 Å². The van der Waals surface area contributed by atoms with Crippen molar-refractivity contribution in [2.75, 3.05) is 0 Å². The van der Waals surface area contributed by atoms with E-state index >= 15 is 0 Å². The van der Waals surface area contributed by atoms with Crippen LogP contribution in [-0.2, 0) is 0 Å². The third kappa shape index (κ3) is 1.99. The molecule has 0 radical (unpaired) electrons. The third-order valence-electron chi connectivity index (χ3n) is 1.37. The molecule has 2 aromatic heterocycles. The summed E-state index contributed by atoms with van der Waals surface area (Å²) in [5.41, 5.74) is 0.793. The molecule has 0 atom stereocenters. The molecule has 3 nitrogen and oxygen atoms in total. The van der Waals surface area contributed by atoms with E-state index in [-0.39, 0.29) is 0 Å². The van der Waals surface area contributed by atoms with E-state index in [9.17, 15) is 4.39 Å². The molecule has 0 aliphatic rings. The zero-order valence-corrected chi connectivity index (χ0v) is 9.21. The number of pyridine rings is 1. The molecule has 0 aromatic carbocycles. The molecule has 0 spiro atoms. The molecule has 6 heteroatoms. The molecule has 0 fully saturated rings. The van der Waals surface area contributed by atoms with Gasteiger partial charge in [0.25, 0.3) is 0 Å². The first-order valence-corrected chi connectivity index (χ1v) is 5.26. The summed E-state index contributed by atoms with van der Waals surface area (Å²) in [6, 6.07) is 2.95. The summed E-state index contributed by atoms with van der Waals surface area (Å²) in [6.07, 6.45) is 1.45. The van der Waals surface area contributed by atoms with Gasteiger partial charge in [-0.2, -0.15) is 4.39 Å². The molecule has 0 saturated heterocycles. The van der Waals surface area contributed by atoms with Gasteiger partial charge in [-0.3, -0.25) is 0 Å². The van der Waals surface area contributed by atoms with Gasteiger partial charge < -0.3 is 0 Å². The Balaban J connectivity index is 2.41. The van der Waals surface area contributed by atoms with Crippen LogP contribution in [0.25, 0.3) is 10.6 Å². The fourth-order valence-electron chi connectivity index (χ4n) is 0.824. The number of hydrogen-bond acceptors (Lipinski definition) is 4. The van der Waals surface area contributed by atoms with Crippen molar-refractivity contribution in [1.82, 2.24) is 15.2 Å². The summed E-state index contributed by atoms with van der Waals surface area (Å²) >= 11 is 3.53. The maximum atomic E-state index is 12.5. The first kappa shape index (κ1) is 8.95. The van der Waals surface area contributed by atoms with E-state index < -0.39 is 5.95 Å². The van der Waals surface area contributed by atoms with E-state index in [1.54, 1.807) is 6.07 Å². The fraction of sp³-hybridized carbons (Fsp3) is 0. The van der Waals surface area contributed by atoms with Gasteiger partial charge >= 0.3 is 0 Å². The largest absolute Gasteiger partial charge is 0.228 e. The van der Waals surface area contributed by atoms with Crippen LogP contribution in [0.4, 0.5) is 4.39 Å². The summed E-state index contributed by atoms with van der Waals surface area (Å²) in [5.74, 6) is -0.483. The van der Waals surface area contributed by atoms with Crippen molar-refractivity contribution in [3.63, 3.8) is 0 Å². The zero-order valence-electron chi connectivity index (χ0n) is 6.24. The second kappa shape index (κ2) is 3.62. The van der Waals surface area contributed by atoms with Crippen molar-refractivity contribution in [3.8, 4) is 10.6 Å². The van der Waals surface area contributed by atoms with E-state index in [1.807, 2.05) is 0 Å². The summed E-state index contributed by atoms with van der Waals surface area (Å²) < 4.78 is 13.3. The summed E-state index contributed by atoms with van der Waals surface area (Å²) in [5, 5.41) is 8.52. The minimum atomic E-state index is -0.483. The van der Waals surface area contributed by atoms with Crippen LogP contribution in [-0.4, -0.2) is 15.2 Å². The van der Waals surface area contributed by atoms with Gasteiger partial charge in [-0.15, -0.1) is 10.2 Å². The van der Waals surface area contributed by atoms with E-state index in [0.717, 1.165) is 13.6 Å². The topological polar surface area (TPSA) is 38.7 Å². The Morgan fingerprint density at radius 2 is 2.15 bits per heavy atom. The number of rotatable bonds is 1. The van der Waals surface area contributed by atoms with Crippen LogP contribution in [0, 0.1) is 8.96 Å². The number of hydrogen-bond donors (Lipinski definition) is 0. The van der Waals surface area contributed by atoms with Crippen molar-refractivity contribution in [3.05, 3.63) is 27.3 Å². The zero-order chi connectivity index (χ0) is 9.26. The molecule has 0 amide bonds. The monoisotopic (exact) mass is 307 g/mol. The van der Waals surface area contributed by atoms with Crippen molar-refractivity contribution in [2.24, 2.45) is 0 Å². The van der Waals surface area contributed by atoms with Crippen molar-refractivity contribution >= 4 is 33.9 Å². The second-order valence-electron chi connectivity index (χ2n) is 2.23. The number of aromatic nitrogens is 3. The lowest BCUT2D eigenvalue weighted by Gasteiger charge is -1.91. The predicted molar refractivity (Wildman–Crippen MR) is 55.8 cm³/mol. The number of halogens is 2. The smallest absolute Gasteiger partial charge is 0.212 e. The third-order valence-corrected chi connectivity index (χ3v) is 3.01. The van der Waals surface area contributed by atoms with Crippen LogP contribution in [0.3, 0.4) is 0 Å². The molecule has 0 unspecified atom stereocenters. The lowest BCUT2D eigenvalue weighted by molar-refractivity contribution is 0.584. The van der Waals surface area contributed by atoms with Crippen LogP contribution in [0.15, 0.2) is 18.3 Å². The molecule has 0 bridgehead atoms. The van der Waals surface area contributed by atoms with E-state index in [2.05, 4.69) is 37.8 Å². The van der Waals surface area contributed by atoms with E-state index in [1.165, 1.54) is 23.6 Å². The standard InChI is InChI=1S/C7H3FIN3S/c8-5-2-1-4(3-10-5)6-11-12-7(9)13-6/h1-3H. The molecule has 13 heavy (non-hydrogen) atoms. The Kier molecular flexibility index (Phi) is 2.49. The molecular weight excluding hydrogens is 304 g/mol.